The van der Waals surface area contributed by atoms with Crippen LogP contribution in [0.5, 0.6) is 0 Å². The molecule has 0 amide bonds. The van der Waals surface area contributed by atoms with E-state index in [-0.39, 0.29) is 0 Å². The molecule has 0 spiro atoms. The van der Waals surface area contributed by atoms with E-state index in [4.69, 9.17) is 0 Å². The fraction of sp³-hybridized carbons (Fsp3) is 0.667. The Bertz CT molecular complexity index is 100. The predicted molar refractivity (Wildman–Crippen MR) is 59.3 cm³/mol. The normalized spacial score (nSPS) is 11.3. The van der Waals surface area contributed by atoms with Gasteiger partial charge in [0.15, 0.2) is 0 Å². The Morgan fingerprint density at radius 3 is 0.917 bits per heavy atom. The van der Waals surface area contributed by atoms with Crippen molar-refractivity contribution in [1.82, 2.24) is 0 Å². The molecule has 72 valence electrons. The molecule has 0 radical (unpaired) electrons. The summed E-state index contributed by atoms with van der Waals surface area (Å²) in [6.45, 7) is 12.7. The van der Waals surface area contributed by atoms with Crippen LogP contribution >= 0.6 is 0 Å². The van der Waals surface area contributed by atoms with Gasteiger partial charge in [0, 0.05) is 0 Å². The third kappa shape index (κ3) is 22.7. The van der Waals surface area contributed by atoms with Crippen molar-refractivity contribution in [2.24, 2.45) is 11.8 Å². The Kier molecular flexibility index (Phi) is 12.3. The van der Waals surface area contributed by atoms with E-state index in [9.17, 15) is 0 Å². The summed E-state index contributed by atoms with van der Waals surface area (Å²) >= 11 is 0. The first-order valence-electron chi connectivity index (χ1n) is 4.80. The van der Waals surface area contributed by atoms with Gasteiger partial charge in [-0.1, -0.05) is 52.0 Å². The second kappa shape index (κ2) is 10.5. The summed E-state index contributed by atoms with van der Waals surface area (Å²) in [5.41, 5.74) is 0. The number of hydrogen-bond acceptors (Lipinski definition) is 0. The largest absolute Gasteiger partial charge is 0.0914 e. The van der Waals surface area contributed by atoms with Gasteiger partial charge in [0.2, 0.25) is 0 Å². The van der Waals surface area contributed by atoms with Crippen molar-refractivity contribution in [3.05, 3.63) is 24.3 Å². The van der Waals surface area contributed by atoms with Crippen LogP contribution in [0.2, 0.25) is 0 Å². The molecule has 0 aliphatic rings. The molecule has 12 heavy (non-hydrogen) atoms. The molecule has 0 aromatic rings. The van der Waals surface area contributed by atoms with Gasteiger partial charge in [0.1, 0.15) is 0 Å². The van der Waals surface area contributed by atoms with Crippen molar-refractivity contribution in [2.45, 2.75) is 41.5 Å². The van der Waals surface area contributed by atoms with Gasteiger partial charge >= 0.3 is 0 Å². The molecular formula is C12H24. The molecule has 0 heterocycles. The minimum Gasteiger partial charge on any atom is -0.0914 e. The molecule has 0 nitrogen and oxygen atoms in total. The van der Waals surface area contributed by atoms with Gasteiger partial charge in [-0.25, -0.2) is 0 Å². The standard InChI is InChI=1S/2C6H12/c2*1-4-5-6(2)3/h2*4-6H,1-3H3/b5-4-;. The zero-order chi connectivity index (χ0) is 9.98. The Morgan fingerprint density at radius 2 is 0.917 bits per heavy atom. The molecule has 0 saturated heterocycles. The van der Waals surface area contributed by atoms with E-state index in [1.165, 1.54) is 0 Å². The monoisotopic (exact) mass is 168 g/mol. The highest BCUT2D eigenvalue weighted by atomic mass is 13.8. The zero-order valence-corrected chi connectivity index (χ0v) is 9.46. The first-order chi connectivity index (χ1) is 5.54. The summed E-state index contributed by atoms with van der Waals surface area (Å²) in [4.78, 5) is 0. The molecule has 0 aliphatic heterocycles. The highest BCUT2D eigenvalue weighted by Crippen LogP contribution is 1.91. The van der Waals surface area contributed by atoms with E-state index < -0.39 is 0 Å². The number of allylic oxidation sites excluding steroid dienone is 4. The van der Waals surface area contributed by atoms with Gasteiger partial charge in [0.25, 0.3) is 0 Å². The first kappa shape index (κ1) is 14.0. The van der Waals surface area contributed by atoms with Crippen molar-refractivity contribution in [1.29, 1.82) is 0 Å². The van der Waals surface area contributed by atoms with E-state index in [1.807, 2.05) is 13.8 Å². The molecule has 0 atom stereocenters. The van der Waals surface area contributed by atoms with Crippen LogP contribution in [-0.4, -0.2) is 0 Å². The van der Waals surface area contributed by atoms with Crippen LogP contribution in [0.1, 0.15) is 41.5 Å². The van der Waals surface area contributed by atoms with Gasteiger partial charge in [-0.3, -0.25) is 0 Å². The summed E-state index contributed by atoms with van der Waals surface area (Å²) < 4.78 is 0. The van der Waals surface area contributed by atoms with Crippen molar-refractivity contribution < 1.29 is 0 Å². The minimum atomic E-state index is 0.718. The van der Waals surface area contributed by atoms with Crippen molar-refractivity contribution in [2.75, 3.05) is 0 Å². The average molecular weight is 168 g/mol. The maximum Gasteiger partial charge on any atom is -0.0291 e. The smallest absolute Gasteiger partial charge is 0.0291 e. The van der Waals surface area contributed by atoms with E-state index in [0.29, 0.717) is 0 Å². The summed E-state index contributed by atoms with van der Waals surface area (Å²) in [5, 5.41) is 0. The number of rotatable bonds is 2. The third-order valence-corrected chi connectivity index (χ3v) is 1.15. The lowest BCUT2D eigenvalue weighted by molar-refractivity contribution is 0.830. The zero-order valence-electron chi connectivity index (χ0n) is 9.46. The van der Waals surface area contributed by atoms with Crippen molar-refractivity contribution in [3.63, 3.8) is 0 Å². The second-order valence-corrected chi connectivity index (χ2v) is 3.54. The molecule has 0 rings (SSSR count). The molecule has 0 aliphatic carbocycles. The first-order valence-corrected chi connectivity index (χ1v) is 4.80. The third-order valence-electron chi connectivity index (χ3n) is 1.15. The summed E-state index contributed by atoms with van der Waals surface area (Å²) in [5.74, 6) is 1.44. The summed E-state index contributed by atoms with van der Waals surface area (Å²) in [6, 6.07) is 0. The fourth-order valence-electron chi connectivity index (χ4n) is 0.770. The lowest BCUT2D eigenvalue weighted by Crippen LogP contribution is -1.73. The van der Waals surface area contributed by atoms with Crippen LogP contribution in [0.3, 0.4) is 0 Å². The SMILES string of the molecule is C/C=C\C(C)C.CC=CC(C)C. The lowest BCUT2D eigenvalue weighted by Gasteiger charge is -1.86. The second-order valence-electron chi connectivity index (χ2n) is 3.54. The molecule has 0 bridgehead atoms. The summed E-state index contributed by atoms with van der Waals surface area (Å²) in [6.07, 6.45) is 8.48. The van der Waals surface area contributed by atoms with Gasteiger partial charge in [0.05, 0.1) is 0 Å². The highest BCUT2D eigenvalue weighted by molar-refractivity contribution is 4.79. The van der Waals surface area contributed by atoms with Crippen LogP contribution in [0.25, 0.3) is 0 Å². The molecule has 0 aromatic carbocycles. The van der Waals surface area contributed by atoms with E-state index in [1.54, 1.807) is 0 Å². The topological polar surface area (TPSA) is 0 Å². The maximum atomic E-state index is 2.17. The molecular weight excluding hydrogens is 144 g/mol. The van der Waals surface area contributed by atoms with E-state index >= 15 is 0 Å². The maximum absolute atomic E-state index is 2.17. The Labute approximate surface area is 78.4 Å². The average Bonchev–Trinajstić information content (AvgIpc) is 1.87. The molecule has 0 N–H and O–H groups in total. The van der Waals surface area contributed by atoms with Crippen molar-refractivity contribution in [3.8, 4) is 0 Å². The summed E-state index contributed by atoms with van der Waals surface area (Å²) in [7, 11) is 0. The molecule has 0 fully saturated rings. The molecule has 0 aromatic heterocycles. The van der Waals surface area contributed by atoms with Crippen LogP contribution in [0.4, 0.5) is 0 Å². The van der Waals surface area contributed by atoms with Gasteiger partial charge < -0.3 is 0 Å². The number of hydrogen-bond donors (Lipinski definition) is 0. The Morgan fingerprint density at radius 1 is 0.667 bits per heavy atom. The van der Waals surface area contributed by atoms with Crippen LogP contribution in [-0.2, 0) is 0 Å². The predicted octanol–water partition coefficient (Wildman–Crippen LogP) is 4.44. The Balaban J connectivity index is 0. The van der Waals surface area contributed by atoms with Gasteiger partial charge in [-0.2, -0.15) is 0 Å². The molecule has 0 heteroatoms. The Hall–Kier alpha value is -0.520. The van der Waals surface area contributed by atoms with Crippen LogP contribution in [0, 0.1) is 11.8 Å². The van der Waals surface area contributed by atoms with E-state index in [2.05, 4.69) is 52.0 Å². The van der Waals surface area contributed by atoms with Crippen LogP contribution < -0.4 is 0 Å². The minimum absolute atomic E-state index is 0.718. The quantitative estimate of drug-likeness (QED) is 0.535. The lowest BCUT2D eigenvalue weighted by atomic mass is 10.2. The van der Waals surface area contributed by atoms with Crippen LogP contribution in [0.15, 0.2) is 24.3 Å². The fourth-order valence-corrected chi connectivity index (χ4v) is 0.770. The van der Waals surface area contributed by atoms with Gasteiger partial charge in [-0.15, -0.1) is 0 Å². The van der Waals surface area contributed by atoms with Crippen molar-refractivity contribution >= 4 is 0 Å². The highest BCUT2D eigenvalue weighted by Gasteiger charge is 1.76. The van der Waals surface area contributed by atoms with Gasteiger partial charge in [-0.05, 0) is 25.7 Å². The molecule has 0 unspecified atom stereocenters. The molecule has 0 saturated carbocycles. The van der Waals surface area contributed by atoms with E-state index in [0.717, 1.165) is 11.8 Å².